The first kappa shape index (κ1) is 39.6. The number of nitrogens with one attached hydrogen (secondary N) is 1. The van der Waals surface area contributed by atoms with Crippen molar-refractivity contribution in [2.45, 2.75) is 19.3 Å². The number of anilines is 2. The quantitative estimate of drug-likeness (QED) is 0.169. The van der Waals surface area contributed by atoms with Crippen LogP contribution >= 0.6 is 0 Å². The number of hydrogen-bond acceptors (Lipinski definition) is 1. The van der Waals surface area contributed by atoms with Gasteiger partial charge < -0.3 is 9.88 Å². The van der Waals surface area contributed by atoms with E-state index in [0.29, 0.717) is 0 Å². The van der Waals surface area contributed by atoms with Crippen molar-refractivity contribution in [1.82, 2.24) is 4.57 Å². The van der Waals surface area contributed by atoms with E-state index in [1.54, 1.807) is 0 Å². The summed E-state index contributed by atoms with van der Waals surface area (Å²) in [6, 6.07) is 89.0. The summed E-state index contributed by atoms with van der Waals surface area (Å²) in [6.45, 7) is 4.73. The van der Waals surface area contributed by atoms with Gasteiger partial charge >= 0.3 is 0 Å². The third-order valence-electron chi connectivity index (χ3n) is 13.1. The van der Waals surface area contributed by atoms with Crippen LogP contribution in [0.15, 0.2) is 249 Å². The first-order valence-electron chi connectivity index (χ1n) is 22.5. The van der Waals surface area contributed by atoms with Crippen LogP contribution in [-0.4, -0.2) is 4.57 Å². The molecule has 0 atom stereocenters. The van der Waals surface area contributed by atoms with Crippen molar-refractivity contribution in [1.29, 1.82) is 0 Å². The highest BCUT2D eigenvalue weighted by atomic mass is 15.0. The maximum Gasteiger partial charge on any atom is 0.0541 e. The number of aromatic nitrogens is 1. The summed E-state index contributed by atoms with van der Waals surface area (Å²) in [6.07, 6.45) is 0. The lowest BCUT2D eigenvalue weighted by atomic mass is 9.81. The third kappa shape index (κ3) is 7.60. The fourth-order valence-electron chi connectivity index (χ4n) is 9.67. The molecule has 10 aromatic carbocycles. The van der Waals surface area contributed by atoms with Gasteiger partial charge in [-0.25, -0.2) is 0 Å². The van der Waals surface area contributed by atoms with Crippen molar-refractivity contribution in [3.05, 3.63) is 260 Å². The molecular formula is C63H48N2. The van der Waals surface area contributed by atoms with E-state index in [9.17, 15) is 0 Å². The van der Waals surface area contributed by atoms with Crippen molar-refractivity contribution in [2.75, 3.05) is 5.32 Å². The molecular weight excluding hydrogens is 785 g/mol. The van der Waals surface area contributed by atoms with Gasteiger partial charge in [0.25, 0.3) is 0 Å². The van der Waals surface area contributed by atoms with E-state index in [2.05, 4.69) is 260 Å². The summed E-state index contributed by atoms with van der Waals surface area (Å²) in [7, 11) is 0. The van der Waals surface area contributed by atoms with Gasteiger partial charge in [-0.05, 0) is 127 Å². The summed E-state index contributed by atoms with van der Waals surface area (Å²) >= 11 is 0. The monoisotopic (exact) mass is 832 g/mol. The van der Waals surface area contributed by atoms with Crippen molar-refractivity contribution < 1.29 is 0 Å². The van der Waals surface area contributed by atoms with Crippen molar-refractivity contribution >= 4 is 33.2 Å². The molecule has 0 saturated heterocycles. The molecule has 12 rings (SSSR count). The summed E-state index contributed by atoms with van der Waals surface area (Å²) in [4.78, 5) is 0. The smallest absolute Gasteiger partial charge is 0.0541 e. The minimum atomic E-state index is -0.0735. The van der Waals surface area contributed by atoms with Crippen LogP contribution in [0.1, 0.15) is 25.0 Å². The minimum Gasteiger partial charge on any atom is -0.356 e. The van der Waals surface area contributed by atoms with Crippen LogP contribution in [-0.2, 0) is 5.41 Å². The SMILES string of the molecule is CC1(C)c2cc(-c3ccccc3)ccc2-c2ccc(-c3cccc(-n4c5ccccc5c5ccccc54)c3)cc21.c1ccc(-c2ccc(Nc3ccc(-c4ccccc4)cc3)cc2)cc1. The highest BCUT2D eigenvalue weighted by Crippen LogP contribution is 2.50. The molecule has 0 spiro atoms. The van der Waals surface area contributed by atoms with Gasteiger partial charge in [0, 0.05) is 33.2 Å². The fraction of sp³-hybridized carbons (Fsp3) is 0.0476. The van der Waals surface area contributed by atoms with E-state index in [1.807, 2.05) is 12.1 Å². The van der Waals surface area contributed by atoms with Gasteiger partial charge in [-0.1, -0.05) is 202 Å². The summed E-state index contributed by atoms with van der Waals surface area (Å²) in [5.41, 5.74) is 21.2. The molecule has 0 saturated carbocycles. The number of hydrogen-bond donors (Lipinski definition) is 1. The topological polar surface area (TPSA) is 17.0 Å². The molecule has 1 aromatic heterocycles. The van der Waals surface area contributed by atoms with Crippen LogP contribution in [0.2, 0.25) is 0 Å². The second-order valence-corrected chi connectivity index (χ2v) is 17.4. The van der Waals surface area contributed by atoms with E-state index in [-0.39, 0.29) is 5.41 Å². The zero-order chi connectivity index (χ0) is 43.7. The van der Waals surface area contributed by atoms with E-state index in [1.165, 1.54) is 94.3 Å². The average Bonchev–Trinajstić information content (AvgIpc) is 3.83. The summed E-state index contributed by atoms with van der Waals surface area (Å²) in [5, 5.41) is 6.04. The lowest BCUT2D eigenvalue weighted by Gasteiger charge is -2.22. The van der Waals surface area contributed by atoms with Crippen LogP contribution in [0.4, 0.5) is 11.4 Å². The molecule has 0 fully saturated rings. The molecule has 65 heavy (non-hydrogen) atoms. The van der Waals surface area contributed by atoms with Crippen LogP contribution in [0, 0.1) is 0 Å². The second kappa shape index (κ2) is 16.8. The first-order chi connectivity index (χ1) is 32.0. The van der Waals surface area contributed by atoms with Crippen LogP contribution in [0.3, 0.4) is 0 Å². The maximum absolute atomic E-state index is 3.46. The Hall–Kier alpha value is -8.20. The zero-order valence-corrected chi connectivity index (χ0v) is 36.6. The molecule has 1 aliphatic carbocycles. The molecule has 0 radical (unpaired) electrons. The highest BCUT2D eigenvalue weighted by Gasteiger charge is 2.36. The second-order valence-electron chi connectivity index (χ2n) is 17.4. The zero-order valence-electron chi connectivity index (χ0n) is 36.6. The standard InChI is InChI=1S/C39H29N.C24H19N/c1-39(2)35-24-28(26-11-4-3-5-12-26)19-21-31(35)32-22-20-29(25-36(32)39)27-13-10-14-30(23-27)40-37-17-8-6-15-33(37)34-16-7-9-18-38(34)40;1-3-7-19(8-4-1)21-11-15-23(16-12-21)25-24-17-13-22(14-18-24)20-9-5-2-6-10-20/h3-25H,1-2H3;1-18,25H. The molecule has 1 heterocycles. The average molecular weight is 833 g/mol. The number of para-hydroxylation sites is 2. The molecule has 0 bridgehead atoms. The predicted molar refractivity (Wildman–Crippen MR) is 276 cm³/mol. The molecule has 1 aliphatic rings. The van der Waals surface area contributed by atoms with Crippen LogP contribution < -0.4 is 5.32 Å². The molecule has 1 N–H and O–H groups in total. The van der Waals surface area contributed by atoms with Crippen LogP contribution in [0.5, 0.6) is 0 Å². The van der Waals surface area contributed by atoms with Gasteiger partial charge in [-0.2, -0.15) is 0 Å². The van der Waals surface area contributed by atoms with Gasteiger partial charge in [-0.15, -0.1) is 0 Å². The molecule has 310 valence electrons. The van der Waals surface area contributed by atoms with Crippen molar-refractivity contribution in [2.24, 2.45) is 0 Å². The normalized spacial score (nSPS) is 12.3. The largest absolute Gasteiger partial charge is 0.356 e. The Bertz CT molecular complexity index is 3300. The Labute approximate surface area is 381 Å². The van der Waals surface area contributed by atoms with E-state index >= 15 is 0 Å². The number of rotatable bonds is 7. The third-order valence-corrected chi connectivity index (χ3v) is 13.1. The van der Waals surface area contributed by atoms with E-state index in [4.69, 9.17) is 0 Å². The Kier molecular flexibility index (Phi) is 10.3. The Morgan fingerprint density at radius 1 is 0.308 bits per heavy atom. The Morgan fingerprint density at radius 2 is 0.662 bits per heavy atom. The van der Waals surface area contributed by atoms with Crippen molar-refractivity contribution in [3.8, 4) is 61.3 Å². The molecule has 2 heteroatoms. The first-order valence-corrected chi connectivity index (χ1v) is 22.5. The van der Waals surface area contributed by atoms with Gasteiger partial charge in [0.15, 0.2) is 0 Å². The predicted octanol–water partition coefficient (Wildman–Crippen LogP) is 17.2. The van der Waals surface area contributed by atoms with Gasteiger partial charge in [0.1, 0.15) is 0 Å². The lowest BCUT2D eigenvalue weighted by Crippen LogP contribution is -2.15. The molecule has 2 nitrogen and oxygen atoms in total. The van der Waals surface area contributed by atoms with Gasteiger partial charge in [0.2, 0.25) is 0 Å². The van der Waals surface area contributed by atoms with Crippen molar-refractivity contribution in [3.63, 3.8) is 0 Å². The molecule has 0 aliphatic heterocycles. The van der Waals surface area contributed by atoms with E-state index < -0.39 is 0 Å². The molecule has 0 unspecified atom stereocenters. The highest BCUT2D eigenvalue weighted by molar-refractivity contribution is 6.09. The number of nitrogens with zero attached hydrogens (tertiary/aromatic N) is 1. The Balaban J connectivity index is 0.000000161. The van der Waals surface area contributed by atoms with E-state index in [0.717, 1.165) is 11.4 Å². The summed E-state index contributed by atoms with van der Waals surface area (Å²) in [5.74, 6) is 0. The number of benzene rings is 10. The molecule has 11 aromatic rings. The van der Waals surface area contributed by atoms with Gasteiger partial charge in [-0.3, -0.25) is 0 Å². The summed E-state index contributed by atoms with van der Waals surface area (Å²) < 4.78 is 2.40. The fourth-order valence-corrected chi connectivity index (χ4v) is 9.67. The minimum absolute atomic E-state index is 0.0735. The Morgan fingerprint density at radius 3 is 1.14 bits per heavy atom. The lowest BCUT2D eigenvalue weighted by molar-refractivity contribution is 0.661. The molecule has 0 amide bonds. The maximum atomic E-state index is 3.46. The van der Waals surface area contributed by atoms with Crippen LogP contribution in [0.25, 0.3) is 83.1 Å². The number of fused-ring (bicyclic) bond motifs is 6. The van der Waals surface area contributed by atoms with Gasteiger partial charge in [0.05, 0.1) is 11.0 Å².